The largest absolute Gasteiger partial charge is 0.347 e. The third kappa shape index (κ3) is 4.63. The van der Waals surface area contributed by atoms with Gasteiger partial charge in [-0.3, -0.25) is 9.48 Å². The van der Waals surface area contributed by atoms with E-state index in [2.05, 4.69) is 10.4 Å². The molecular weight excluding hydrogens is 294 g/mol. The number of rotatable bonds is 8. The summed E-state index contributed by atoms with van der Waals surface area (Å²) in [6, 6.07) is 11.9. The van der Waals surface area contributed by atoms with E-state index in [9.17, 15) is 4.79 Å². The molecule has 3 rings (SSSR count). The summed E-state index contributed by atoms with van der Waals surface area (Å²) in [5, 5.41) is 7.39. The molecule has 1 saturated carbocycles. The summed E-state index contributed by atoms with van der Waals surface area (Å²) in [6.07, 6.45) is 6.35. The van der Waals surface area contributed by atoms with Crippen molar-refractivity contribution in [3.8, 4) is 0 Å². The summed E-state index contributed by atoms with van der Waals surface area (Å²) in [7, 11) is 0. The molecule has 1 aliphatic carbocycles. The average Bonchev–Trinajstić information content (AvgIpc) is 3.22. The van der Waals surface area contributed by atoms with Crippen molar-refractivity contribution in [3.63, 3.8) is 0 Å². The van der Waals surface area contributed by atoms with Gasteiger partial charge < -0.3 is 5.32 Å². The van der Waals surface area contributed by atoms with Crippen LogP contribution in [0, 0.1) is 5.92 Å². The summed E-state index contributed by atoms with van der Waals surface area (Å²) in [5.41, 5.74) is 1.11. The lowest BCUT2D eigenvalue weighted by atomic mass is 10.1. The van der Waals surface area contributed by atoms with E-state index < -0.39 is 0 Å². The highest BCUT2D eigenvalue weighted by atomic mass is 32.2. The van der Waals surface area contributed by atoms with Crippen LogP contribution in [0.25, 0.3) is 0 Å². The van der Waals surface area contributed by atoms with Gasteiger partial charge in [0.25, 0.3) is 0 Å². The first-order valence-electron chi connectivity index (χ1n) is 7.71. The second-order valence-corrected chi connectivity index (χ2v) is 6.75. The molecule has 0 aliphatic heterocycles. The molecule has 1 aromatic carbocycles. The SMILES string of the molecule is O=C(CSCC1CC1)N[C@@H](Cn1cccn1)c1ccccc1. The van der Waals surface area contributed by atoms with Crippen LogP contribution in [0.4, 0.5) is 0 Å². The van der Waals surface area contributed by atoms with Crippen LogP contribution in [0.15, 0.2) is 48.8 Å². The molecule has 5 heteroatoms. The van der Waals surface area contributed by atoms with Crippen LogP contribution in [0.1, 0.15) is 24.4 Å². The fourth-order valence-electron chi connectivity index (χ4n) is 2.35. The Morgan fingerprint density at radius 3 is 2.82 bits per heavy atom. The molecule has 1 fully saturated rings. The summed E-state index contributed by atoms with van der Waals surface area (Å²) in [5.74, 6) is 2.61. The molecule has 0 spiro atoms. The molecule has 0 unspecified atom stereocenters. The molecule has 1 atom stereocenters. The maximum absolute atomic E-state index is 12.2. The van der Waals surface area contributed by atoms with E-state index in [0.29, 0.717) is 12.3 Å². The first-order chi connectivity index (χ1) is 10.8. The molecule has 0 radical (unpaired) electrons. The molecule has 1 aromatic heterocycles. The Balaban J connectivity index is 1.58. The van der Waals surface area contributed by atoms with Crippen molar-refractivity contribution in [2.45, 2.75) is 25.4 Å². The zero-order valence-corrected chi connectivity index (χ0v) is 13.3. The van der Waals surface area contributed by atoms with Gasteiger partial charge >= 0.3 is 0 Å². The van der Waals surface area contributed by atoms with E-state index in [4.69, 9.17) is 0 Å². The Kier molecular flexibility index (Phi) is 5.16. The third-order valence-electron chi connectivity index (χ3n) is 3.75. The quantitative estimate of drug-likeness (QED) is 0.815. The van der Waals surface area contributed by atoms with Crippen LogP contribution in [0.2, 0.25) is 0 Å². The second-order valence-electron chi connectivity index (χ2n) is 5.72. The number of hydrogen-bond acceptors (Lipinski definition) is 3. The minimum atomic E-state index is -0.0462. The molecule has 22 heavy (non-hydrogen) atoms. The Morgan fingerprint density at radius 2 is 2.14 bits per heavy atom. The van der Waals surface area contributed by atoms with Gasteiger partial charge in [0.1, 0.15) is 0 Å². The van der Waals surface area contributed by atoms with E-state index >= 15 is 0 Å². The Hall–Kier alpha value is -1.75. The van der Waals surface area contributed by atoms with Crippen LogP contribution < -0.4 is 5.32 Å². The molecular formula is C17H21N3OS. The maximum Gasteiger partial charge on any atom is 0.230 e. The van der Waals surface area contributed by atoms with E-state index in [1.807, 2.05) is 47.3 Å². The van der Waals surface area contributed by atoms with Crippen molar-refractivity contribution < 1.29 is 4.79 Å². The van der Waals surface area contributed by atoms with Gasteiger partial charge in [-0.2, -0.15) is 16.9 Å². The number of nitrogens with one attached hydrogen (secondary N) is 1. The summed E-state index contributed by atoms with van der Waals surface area (Å²) < 4.78 is 1.86. The van der Waals surface area contributed by atoms with Gasteiger partial charge in [0.05, 0.1) is 18.3 Å². The smallest absolute Gasteiger partial charge is 0.230 e. The van der Waals surface area contributed by atoms with E-state index in [1.54, 1.807) is 18.0 Å². The summed E-state index contributed by atoms with van der Waals surface area (Å²) >= 11 is 1.74. The Labute approximate surface area is 135 Å². The van der Waals surface area contributed by atoms with Crippen molar-refractivity contribution in [2.24, 2.45) is 5.92 Å². The highest BCUT2D eigenvalue weighted by molar-refractivity contribution is 7.99. The molecule has 0 bridgehead atoms. The minimum absolute atomic E-state index is 0.0462. The van der Waals surface area contributed by atoms with Crippen LogP contribution in [0.5, 0.6) is 0 Å². The van der Waals surface area contributed by atoms with Crippen LogP contribution >= 0.6 is 11.8 Å². The van der Waals surface area contributed by atoms with Crippen LogP contribution in [-0.2, 0) is 11.3 Å². The number of amides is 1. The van der Waals surface area contributed by atoms with Gasteiger partial charge in [-0.05, 0) is 36.1 Å². The maximum atomic E-state index is 12.2. The number of nitrogens with zero attached hydrogens (tertiary/aromatic N) is 2. The summed E-state index contributed by atoms with van der Waals surface area (Å²) in [4.78, 5) is 12.2. The van der Waals surface area contributed by atoms with Gasteiger partial charge in [-0.25, -0.2) is 0 Å². The number of thioether (sulfide) groups is 1. The lowest BCUT2D eigenvalue weighted by Crippen LogP contribution is -2.32. The molecule has 4 nitrogen and oxygen atoms in total. The number of hydrogen-bond donors (Lipinski definition) is 1. The van der Waals surface area contributed by atoms with Crippen molar-refractivity contribution in [1.29, 1.82) is 0 Å². The fourth-order valence-corrected chi connectivity index (χ4v) is 3.41. The van der Waals surface area contributed by atoms with Crippen LogP contribution in [-0.4, -0.2) is 27.2 Å². The number of carbonyl (C=O) groups is 1. The van der Waals surface area contributed by atoms with Gasteiger partial charge in [-0.15, -0.1) is 0 Å². The molecule has 2 aromatic rings. The first kappa shape index (κ1) is 15.2. The minimum Gasteiger partial charge on any atom is -0.347 e. The number of aromatic nitrogens is 2. The van der Waals surface area contributed by atoms with E-state index in [0.717, 1.165) is 17.2 Å². The predicted molar refractivity (Wildman–Crippen MR) is 89.6 cm³/mol. The average molecular weight is 315 g/mol. The molecule has 0 saturated heterocycles. The van der Waals surface area contributed by atoms with Gasteiger partial charge in [0.15, 0.2) is 0 Å². The Bertz CT molecular complexity index is 581. The standard InChI is InChI=1S/C17H21N3OS/c21-17(13-22-12-14-7-8-14)19-16(11-20-10-4-9-18-20)15-5-2-1-3-6-15/h1-6,9-10,14,16H,7-8,11-13H2,(H,19,21)/t16-/m0/s1. The monoisotopic (exact) mass is 315 g/mol. The zero-order chi connectivity index (χ0) is 15.2. The molecule has 116 valence electrons. The van der Waals surface area contributed by atoms with Gasteiger partial charge in [-0.1, -0.05) is 30.3 Å². The highest BCUT2D eigenvalue weighted by Crippen LogP contribution is 2.32. The van der Waals surface area contributed by atoms with Crippen molar-refractivity contribution >= 4 is 17.7 Å². The van der Waals surface area contributed by atoms with Gasteiger partial charge in [0.2, 0.25) is 5.91 Å². The number of carbonyl (C=O) groups excluding carboxylic acids is 1. The highest BCUT2D eigenvalue weighted by Gasteiger charge is 2.22. The van der Waals surface area contributed by atoms with E-state index in [1.165, 1.54) is 12.8 Å². The van der Waals surface area contributed by atoms with Crippen molar-refractivity contribution in [3.05, 3.63) is 54.4 Å². The molecule has 1 aliphatic rings. The molecule has 1 heterocycles. The zero-order valence-electron chi connectivity index (χ0n) is 12.5. The molecule has 1 N–H and O–H groups in total. The van der Waals surface area contributed by atoms with Crippen molar-refractivity contribution in [2.75, 3.05) is 11.5 Å². The fraction of sp³-hybridized carbons (Fsp3) is 0.412. The third-order valence-corrected chi connectivity index (χ3v) is 4.92. The summed E-state index contributed by atoms with van der Waals surface area (Å²) in [6.45, 7) is 0.649. The second kappa shape index (κ2) is 7.49. The predicted octanol–water partition coefficient (Wildman–Crippen LogP) is 2.88. The number of benzene rings is 1. The lowest BCUT2D eigenvalue weighted by molar-refractivity contribution is -0.119. The topological polar surface area (TPSA) is 46.9 Å². The lowest BCUT2D eigenvalue weighted by Gasteiger charge is -2.19. The van der Waals surface area contributed by atoms with Gasteiger partial charge in [0, 0.05) is 12.4 Å². The Morgan fingerprint density at radius 1 is 1.32 bits per heavy atom. The molecule has 1 amide bonds. The van der Waals surface area contributed by atoms with E-state index in [-0.39, 0.29) is 11.9 Å². The van der Waals surface area contributed by atoms with Crippen LogP contribution in [0.3, 0.4) is 0 Å². The first-order valence-corrected chi connectivity index (χ1v) is 8.86. The normalized spacial score (nSPS) is 15.5. The van der Waals surface area contributed by atoms with Crippen molar-refractivity contribution in [1.82, 2.24) is 15.1 Å².